The van der Waals surface area contributed by atoms with E-state index < -0.39 is 0 Å². The van der Waals surface area contributed by atoms with E-state index in [1.54, 1.807) is 18.2 Å². The van der Waals surface area contributed by atoms with Gasteiger partial charge in [0.2, 0.25) is 0 Å². The van der Waals surface area contributed by atoms with Crippen molar-refractivity contribution in [2.75, 3.05) is 42.1 Å². The van der Waals surface area contributed by atoms with E-state index in [0.29, 0.717) is 29.2 Å². The summed E-state index contributed by atoms with van der Waals surface area (Å²) in [6.45, 7) is 2.98. The SMILES string of the molecule is N=C(c1cc(NC(=O)c2ccc(N3CCC(O)C3)nc2)cnc1N)N1CCCC1. The number of rotatable bonds is 4. The molecule has 2 fully saturated rings. The van der Waals surface area contributed by atoms with Gasteiger partial charge >= 0.3 is 0 Å². The smallest absolute Gasteiger partial charge is 0.257 e. The minimum Gasteiger partial charge on any atom is -0.391 e. The molecule has 0 aliphatic carbocycles. The molecule has 4 heterocycles. The molecule has 2 aromatic heterocycles. The van der Waals surface area contributed by atoms with Gasteiger partial charge in [-0.2, -0.15) is 0 Å². The zero-order valence-corrected chi connectivity index (χ0v) is 16.1. The maximum Gasteiger partial charge on any atom is 0.257 e. The third kappa shape index (κ3) is 4.14. The number of likely N-dealkylation sites (tertiary alicyclic amines) is 1. The van der Waals surface area contributed by atoms with Gasteiger partial charge in [-0.25, -0.2) is 9.97 Å². The fourth-order valence-electron chi connectivity index (χ4n) is 3.71. The Bertz CT molecular complexity index is 910. The molecule has 29 heavy (non-hydrogen) atoms. The summed E-state index contributed by atoms with van der Waals surface area (Å²) in [5.41, 5.74) is 7.38. The molecule has 2 aliphatic heterocycles. The first-order valence-electron chi connectivity index (χ1n) is 9.81. The van der Waals surface area contributed by atoms with Crippen molar-refractivity contribution in [2.24, 2.45) is 0 Å². The maximum atomic E-state index is 12.6. The van der Waals surface area contributed by atoms with Gasteiger partial charge < -0.3 is 26.0 Å². The molecule has 152 valence electrons. The van der Waals surface area contributed by atoms with Crippen molar-refractivity contribution in [1.82, 2.24) is 14.9 Å². The number of aliphatic hydroxyl groups excluding tert-OH is 1. The number of amides is 1. The number of amidine groups is 1. The van der Waals surface area contributed by atoms with Gasteiger partial charge in [-0.15, -0.1) is 0 Å². The molecule has 1 unspecified atom stereocenters. The zero-order chi connectivity index (χ0) is 20.4. The van der Waals surface area contributed by atoms with Gasteiger partial charge in [-0.1, -0.05) is 0 Å². The van der Waals surface area contributed by atoms with Gasteiger partial charge in [0.1, 0.15) is 17.5 Å². The van der Waals surface area contributed by atoms with E-state index in [9.17, 15) is 9.90 Å². The number of nitrogens with two attached hydrogens (primary N) is 1. The summed E-state index contributed by atoms with van der Waals surface area (Å²) in [6.07, 6.45) is 5.53. The maximum absolute atomic E-state index is 12.6. The van der Waals surface area contributed by atoms with Gasteiger partial charge in [-0.05, 0) is 37.5 Å². The minimum atomic E-state index is -0.328. The summed E-state index contributed by atoms with van der Waals surface area (Å²) < 4.78 is 0. The highest BCUT2D eigenvalue weighted by molar-refractivity contribution is 6.06. The lowest BCUT2D eigenvalue weighted by Crippen LogP contribution is -2.28. The Balaban J connectivity index is 1.45. The Hall–Kier alpha value is -3.20. The average Bonchev–Trinajstić information content (AvgIpc) is 3.41. The Morgan fingerprint density at radius 2 is 2.00 bits per heavy atom. The van der Waals surface area contributed by atoms with Crippen LogP contribution in [0.25, 0.3) is 0 Å². The van der Waals surface area contributed by atoms with Crippen molar-refractivity contribution >= 4 is 29.1 Å². The van der Waals surface area contributed by atoms with E-state index in [-0.39, 0.29) is 17.8 Å². The Morgan fingerprint density at radius 1 is 1.21 bits per heavy atom. The van der Waals surface area contributed by atoms with E-state index in [2.05, 4.69) is 15.3 Å². The highest BCUT2D eigenvalue weighted by Gasteiger charge is 2.22. The number of aliphatic hydroxyl groups is 1. The van der Waals surface area contributed by atoms with Gasteiger partial charge in [0, 0.05) is 32.4 Å². The number of nitrogens with one attached hydrogen (secondary N) is 2. The molecule has 1 atom stereocenters. The number of nitrogens with zero attached hydrogens (tertiary/aromatic N) is 4. The number of hydrogen-bond acceptors (Lipinski definition) is 7. The fraction of sp³-hybridized carbons (Fsp3) is 0.400. The number of anilines is 3. The molecule has 0 saturated carbocycles. The molecule has 9 nitrogen and oxygen atoms in total. The van der Waals surface area contributed by atoms with Crippen molar-refractivity contribution in [2.45, 2.75) is 25.4 Å². The van der Waals surface area contributed by atoms with E-state index in [1.807, 2.05) is 9.80 Å². The zero-order valence-electron chi connectivity index (χ0n) is 16.1. The largest absolute Gasteiger partial charge is 0.391 e. The van der Waals surface area contributed by atoms with Crippen LogP contribution in [0.2, 0.25) is 0 Å². The second kappa shape index (κ2) is 8.04. The summed E-state index contributed by atoms with van der Waals surface area (Å²) in [6, 6.07) is 5.18. The Labute approximate surface area is 169 Å². The van der Waals surface area contributed by atoms with Crippen LogP contribution in [0.3, 0.4) is 0 Å². The van der Waals surface area contributed by atoms with Crippen LogP contribution in [0.1, 0.15) is 35.2 Å². The van der Waals surface area contributed by atoms with Crippen LogP contribution < -0.4 is 16.0 Å². The predicted octanol–water partition coefficient (Wildman–Crippen LogP) is 1.30. The number of hydrogen-bond donors (Lipinski definition) is 4. The van der Waals surface area contributed by atoms with Crippen LogP contribution in [0.15, 0.2) is 30.6 Å². The van der Waals surface area contributed by atoms with Gasteiger partial charge in [-0.3, -0.25) is 10.2 Å². The topological polar surface area (TPSA) is 131 Å². The Morgan fingerprint density at radius 3 is 2.66 bits per heavy atom. The van der Waals surface area contributed by atoms with Crippen molar-refractivity contribution in [3.05, 3.63) is 41.7 Å². The summed E-state index contributed by atoms with van der Waals surface area (Å²) in [5, 5.41) is 20.8. The first-order chi connectivity index (χ1) is 14.0. The van der Waals surface area contributed by atoms with Crippen molar-refractivity contribution < 1.29 is 9.90 Å². The molecule has 2 aromatic rings. The molecule has 9 heteroatoms. The van der Waals surface area contributed by atoms with Crippen LogP contribution in [-0.2, 0) is 0 Å². The van der Waals surface area contributed by atoms with Gasteiger partial charge in [0.25, 0.3) is 5.91 Å². The fourth-order valence-corrected chi connectivity index (χ4v) is 3.71. The van der Waals surface area contributed by atoms with Crippen LogP contribution in [0.4, 0.5) is 17.3 Å². The molecule has 0 radical (unpaired) electrons. The molecule has 0 spiro atoms. The van der Waals surface area contributed by atoms with Crippen LogP contribution in [-0.4, -0.2) is 64.0 Å². The lowest BCUT2D eigenvalue weighted by atomic mass is 10.2. The van der Waals surface area contributed by atoms with Crippen LogP contribution in [0.5, 0.6) is 0 Å². The second-order valence-corrected chi connectivity index (χ2v) is 7.45. The number of carbonyl (C=O) groups is 1. The molecule has 5 N–H and O–H groups in total. The summed E-state index contributed by atoms with van der Waals surface area (Å²) >= 11 is 0. The highest BCUT2D eigenvalue weighted by Crippen LogP contribution is 2.21. The molecular formula is C20H25N7O2. The monoisotopic (exact) mass is 395 g/mol. The van der Waals surface area contributed by atoms with E-state index >= 15 is 0 Å². The van der Waals surface area contributed by atoms with E-state index in [0.717, 1.165) is 44.7 Å². The number of carbonyl (C=O) groups excluding carboxylic acids is 1. The predicted molar refractivity (Wildman–Crippen MR) is 111 cm³/mol. The van der Waals surface area contributed by atoms with E-state index in [1.165, 1.54) is 12.4 Å². The van der Waals surface area contributed by atoms with E-state index in [4.69, 9.17) is 11.1 Å². The lowest BCUT2D eigenvalue weighted by molar-refractivity contribution is 0.102. The number of nitrogen functional groups attached to an aromatic ring is 1. The molecule has 2 aliphatic rings. The minimum absolute atomic E-state index is 0.277. The highest BCUT2D eigenvalue weighted by atomic mass is 16.3. The number of β-amino-alcohol motifs (C(OH)–C–C–N with tert-alkyl or cyclic N) is 1. The normalized spacial score (nSPS) is 18.9. The lowest BCUT2D eigenvalue weighted by Gasteiger charge is -2.20. The third-order valence-electron chi connectivity index (χ3n) is 5.35. The van der Waals surface area contributed by atoms with Crippen molar-refractivity contribution in [3.63, 3.8) is 0 Å². The van der Waals surface area contributed by atoms with Crippen molar-refractivity contribution in [1.29, 1.82) is 5.41 Å². The molecule has 2 saturated heterocycles. The van der Waals surface area contributed by atoms with Crippen LogP contribution >= 0.6 is 0 Å². The summed E-state index contributed by atoms with van der Waals surface area (Å²) in [7, 11) is 0. The van der Waals surface area contributed by atoms with Gasteiger partial charge in [0.15, 0.2) is 0 Å². The number of pyridine rings is 2. The third-order valence-corrected chi connectivity index (χ3v) is 5.35. The summed E-state index contributed by atoms with van der Waals surface area (Å²) in [5.74, 6) is 1.05. The Kier molecular flexibility index (Phi) is 5.30. The summed E-state index contributed by atoms with van der Waals surface area (Å²) in [4.78, 5) is 25.0. The first kappa shape index (κ1) is 19.1. The van der Waals surface area contributed by atoms with Gasteiger partial charge in [0.05, 0.1) is 29.1 Å². The molecule has 1 amide bonds. The molecule has 4 rings (SSSR count). The average molecular weight is 395 g/mol. The van der Waals surface area contributed by atoms with Crippen LogP contribution in [0, 0.1) is 5.41 Å². The quantitative estimate of drug-likeness (QED) is 0.453. The van der Waals surface area contributed by atoms with Crippen molar-refractivity contribution in [3.8, 4) is 0 Å². The second-order valence-electron chi connectivity index (χ2n) is 7.45. The standard InChI is InChI=1S/C20H25N7O2/c21-18-16(19(22)26-6-1-2-7-26)9-14(11-24-18)25-20(29)13-3-4-17(23-10-13)27-8-5-15(28)12-27/h3-4,9-11,15,22,28H,1-2,5-8,12H2,(H2,21,24)(H,25,29). The number of aromatic nitrogens is 2. The molecule has 0 bridgehead atoms. The molecule has 0 aromatic carbocycles. The first-order valence-corrected chi connectivity index (χ1v) is 9.81. The molecular weight excluding hydrogens is 370 g/mol.